The Labute approximate surface area is 120 Å². The first-order valence-corrected chi connectivity index (χ1v) is 7.46. The zero-order valence-corrected chi connectivity index (χ0v) is 11.7. The number of hydrogen-bond donors (Lipinski definition) is 2. The second-order valence-corrected chi connectivity index (χ2v) is 5.99. The monoisotopic (exact) mass is 293 g/mol. The fourth-order valence-corrected chi connectivity index (χ4v) is 3.44. The van der Waals surface area contributed by atoms with Gasteiger partial charge in [-0.15, -0.1) is 11.3 Å². The van der Waals surface area contributed by atoms with Crippen LogP contribution >= 0.6 is 11.3 Å². The molecule has 2 aliphatic rings. The first-order chi connectivity index (χ1) is 9.63. The molecule has 3 heterocycles. The Morgan fingerprint density at radius 3 is 3.05 bits per heavy atom. The molecule has 2 aliphatic heterocycles. The van der Waals surface area contributed by atoms with Crippen LogP contribution in [0.15, 0.2) is 11.4 Å². The minimum Gasteiger partial charge on any atom is -0.338 e. The van der Waals surface area contributed by atoms with E-state index in [9.17, 15) is 14.4 Å². The summed E-state index contributed by atoms with van der Waals surface area (Å²) in [6.45, 7) is 1.39. The molecular formula is C13H15N3O3S. The number of amides is 4. The highest BCUT2D eigenvalue weighted by molar-refractivity contribution is 7.10. The molecule has 7 heteroatoms. The molecule has 0 aromatic carbocycles. The van der Waals surface area contributed by atoms with E-state index < -0.39 is 12.1 Å². The van der Waals surface area contributed by atoms with Crippen molar-refractivity contribution in [3.63, 3.8) is 0 Å². The number of nitrogens with one attached hydrogen (secondary N) is 2. The number of carbonyl (C=O) groups excluding carboxylic acids is 3. The van der Waals surface area contributed by atoms with Crippen LogP contribution in [-0.2, 0) is 22.6 Å². The number of urea groups is 1. The van der Waals surface area contributed by atoms with E-state index in [4.69, 9.17) is 0 Å². The molecule has 6 nitrogen and oxygen atoms in total. The molecule has 1 atom stereocenters. The van der Waals surface area contributed by atoms with Crippen molar-refractivity contribution in [1.82, 2.24) is 15.5 Å². The van der Waals surface area contributed by atoms with Crippen molar-refractivity contribution in [2.75, 3.05) is 6.54 Å². The lowest BCUT2D eigenvalue weighted by Gasteiger charge is -2.27. The van der Waals surface area contributed by atoms with Gasteiger partial charge >= 0.3 is 6.03 Å². The predicted molar refractivity (Wildman–Crippen MR) is 73.1 cm³/mol. The van der Waals surface area contributed by atoms with Crippen LogP contribution in [0.3, 0.4) is 0 Å². The minimum atomic E-state index is -0.576. The Hall–Kier alpha value is -1.89. The van der Waals surface area contributed by atoms with Crippen molar-refractivity contribution in [1.29, 1.82) is 0 Å². The quantitative estimate of drug-likeness (QED) is 0.802. The Bertz CT molecular complexity index is 569. The lowest BCUT2D eigenvalue weighted by atomic mass is 10.1. The van der Waals surface area contributed by atoms with E-state index in [1.54, 1.807) is 11.3 Å². The van der Waals surface area contributed by atoms with Gasteiger partial charge in [-0.3, -0.25) is 14.9 Å². The van der Waals surface area contributed by atoms with Gasteiger partial charge in [-0.2, -0.15) is 0 Å². The van der Waals surface area contributed by atoms with E-state index in [2.05, 4.69) is 22.1 Å². The molecule has 0 aliphatic carbocycles. The molecule has 0 spiro atoms. The van der Waals surface area contributed by atoms with Crippen molar-refractivity contribution in [3.05, 3.63) is 21.9 Å². The molecule has 3 rings (SSSR count). The number of thiophene rings is 1. The zero-order chi connectivity index (χ0) is 14.1. The highest BCUT2D eigenvalue weighted by Crippen LogP contribution is 2.24. The SMILES string of the molecule is O=C1NC(=O)[C@@H](CCC(=O)N2CCc3sccc3C2)N1. The van der Waals surface area contributed by atoms with E-state index in [0.29, 0.717) is 13.0 Å². The highest BCUT2D eigenvalue weighted by atomic mass is 32.1. The number of rotatable bonds is 3. The Balaban J connectivity index is 1.53. The third kappa shape index (κ3) is 2.53. The topological polar surface area (TPSA) is 78.5 Å². The lowest BCUT2D eigenvalue weighted by molar-refractivity contribution is -0.132. The van der Waals surface area contributed by atoms with Gasteiger partial charge in [-0.1, -0.05) is 0 Å². The van der Waals surface area contributed by atoms with Crippen LogP contribution in [0.2, 0.25) is 0 Å². The molecular weight excluding hydrogens is 278 g/mol. The van der Waals surface area contributed by atoms with Crippen LogP contribution in [0.1, 0.15) is 23.3 Å². The summed E-state index contributed by atoms with van der Waals surface area (Å²) >= 11 is 1.74. The summed E-state index contributed by atoms with van der Waals surface area (Å²) in [4.78, 5) is 37.7. The van der Waals surface area contributed by atoms with Crippen LogP contribution in [0.4, 0.5) is 4.79 Å². The largest absolute Gasteiger partial charge is 0.338 e. The Kier molecular flexibility index (Phi) is 3.43. The van der Waals surface area contributed by atoms with Crippen molar-refractivity contribution in [2.45, 2.75) is 31.8 Å². The average Bonchev–Trinajstić information content (AvgIpc) is 3.01. The summed E-state index contributed by atoms with van der Waals surface area (Å²) in [7, 11) is 0. The van der Waals surface area contributed by atoms with Gasteiger partial charge in [-0.05, 0) is 29.9 Å². The predicted octanol–water partition coefficient (Wildman–Crippen LogP) is 0.621. The molecule has 1 aromatic rings. The van der Waals surface area contributed by atoms with Gasteiger partial charge in [0.2, 0.25) is 5.91 Å². The molecule has 0 unspecified atom stereocenters. The molecule has 1 fully saturated rings. The van der Waals surface area contributed by atoms with Crippen molar-refractivity contribution in [2.24, 2.45) is 0 Å². The number of imide groups is 1. The third-order valence-electron chi connectivity index (χ3n) is 3.67. The Morgan fingerprint density at radius 1 is 1.45 bits per heavy atom. The number of nitrogens with zero attached hydrogens (tertiary/aromatic N) is 1. The molecule has 2 N–H and O–H groups in total. The van der Waals surface area contributed by atoms with Crippen LogP contribution < -0.4 is 10.6 Å². The van der Waals surface area contributed by atoms with Crippen LogP contribution in [0.5, 0.6) is 0 Å². The summed E-state index contributed by atoms with van der Waals surface area (Å²) in [5, 5.41) is 6.72. The lowest BCUT2D eigenvalue weighted by Crippen LogP contribution is -2.37. The smallest absolute Gasteiger partial charge is 0.322 e. The molecule has 1 saturated heterocycles. The molecule has 20 heavy (non-hydrogen) atoms. The zero-order valence-electron chi connectivity index (χ0n) is 10.8. The summed E-state index contributed by atoms with van der Waals surface area (Å²) < 4.78 is 0. The number of hydrogen-bond acceptors (Lipinski definition) is 4. The summed E-state index contributed by atoms with van der Waals surface area (Å²) in [5.41, 5.74) is 1.22. The average molecular weight is 293 g/mol. The molecule has 106 valence electrons. The minimum absolute atomic E-state index is 0.0378. The van der Waals surface area contributed by atoms with Crippen molar-refractivity contribution >= 4 is 29.2 Å². The Morgan fingerprint density at radius 2 is 2.30 bits per heavy atom. The van der Waals surface area contributed by atoms with Gasteiger partial charge in [0.1, 0.15) is 6.04 Å². The fourth-order valence-electron chi connectivity index (χ4n) is 2.55. The van der Waals surface area contributed by atoms with Gasteiger partial charge in [0, 0.05) is 24.4 Å². The van der Waals surface area contributed by atoms with Gasteiger partial charge < -0.3 is 10.2 Å². The van der Waals surface area contributed by atoms with E-state index in [-0.39, 0.29) is 18.2 Å². The van der Waals surface area contributed by atoms with E-state index in [0.717, 1.165) is 13.0 Å². The molecule has 1 aromatic heterocycles. The first-order valence-electron chi connectivity index (χ1n) is 6.58. The molecule has 0 radical (unpaired) electrons. The molecule has 0 bridgehead atoms. The highest BCUT2D eigenvalue weighted by Gasteiger charge is 2.30. The summed E-state index contributed by atoms with van der Waals surface area (Å²) in [6, 6.07) is 1.01. The van der Waals surface area contributed by atoms with Gasteiger partial charge in [0.25, 0.3) is 5.91 Å². The molecule has 4 amide bonds. The van der Waals surface area contributed by atoms with Crippen LogP contribution in [0.25, 0.3) is 0 Å². The van der Waals surface area contributed by atoms with Crippen molar-refractivity contribution < 1.29 is 14.4 Å². The number of fused-ring (bicyclic) bond motifs is 1. The second kappa shape index (κ2) is 5.24. The van der Waals surface area contributed by atoms with Gasteiger partial charge in [0.05, 0.1) is 0 Å². The molecule has 0 saturated carbocycles. The van der Waals surface area contributed by atoms with Gasteiger partial charge in [-0.25, -0.2) is 4.79 Å². The standard InChI is InChI=1S/C13H15N3O3S/c17-11(2-1-9-12(18)15-13(19)14-9)16-5-3-10-8(7-16)4-6-20-10/h4,6,9H,1-3,5,7H2,(H2,14,15,18,19)/t9-/m1/s1. The van der Waals surface area contributed by atoms with Crippen molar-refractivity contribution in [3.8, 4) is 0 Å². The van der Waals surface area contributed by atoms with Crippen LogP contribution in [0, 0.1) is 0 Å². The van der Waals surface area contributed by atoms with Crippen LogP contribution in [-0.4, -0.2) is 35.3 Å². The third-order valence-corrected chi connectivity index (χ3v) is 4.69. The van der Waals surface area contributed by atoms with E-state index >= 15 is 0 Å². The maximum absolute atomic E-state index is 12.2. The fraction of sp³-hybridized carbons (Fsp3) is 0.462. The second-order valence-electron chi connectivity index (χ2n) is 4.99. The first kappa shape index (κ1) is 13.1. The van der Waals surface area contributed by atoms with Gasteiger partial charge in [0.15, 0.2) is 0 Å². The normalized spacial score (nSPS) is 21.4. The summed E-state index contributed by atoms with van der Waals surface area (Å²) in [6.07, 6.45) is 1.53. The maximum atomic E-state index is 12.2. The van der Waals surface area contributed by atoms with E-state index in [1.807, 2.05) is 4.90 Å². The van der Waals surface area contributed by atoms with E-state index in [1.165, 1.54) is 10.4 Å². The summed E-state index contributed by atoms with van der Waals surface area (Å²) in [5.74, 6) is -0.308. The maximum Gasteiger partial charge on any atom is 0.322 e. The number of carbonyl (C=O) groups is 3.